The molecule has 1 N–H and O–H groups in total. The molecule has 19 heavy (non-hydrogen) atoms. The molecule has 0 unspecified atom stereocenters. The van der Waals surface area contributed by atoms with Crippen LogP contribution < -0.4 is 10.2 Å². The van der Waals surface area contributed by atoms with E-state index in [-0.39, 0.29) is 0 Å². The minimum Gasteiger partial charge on any atom is -0.353 e. The van der Waals surface area contributed by atoms with E-state index in [9.17, 15) is 0 Å². The molecule has 1 saturated heterocycles. The van der Waals surface area contributed by atoms with Crippen molar-refractivity contribution < 1.29 is 0 Å². The molecule has 106 valence electrons. The van der Waals surface area contributed by atoms with Crippen LogP contribution in [0.5, 0.6) is 0 Å². The van der Waals surface area contributed by atoms with Gasteiger partial charge in [-0.1, -0.05) is 20.8 Å². The van der Waals surface area contributed by atoms with Crippen molar-refractivity contribution in [2.45, 2.75) is 20.8 Å². The number of aromatic nitrogens is 3. The second kappa shape index (κ2) is 6.65. The van der Waals surface area contributed by atoms with E-state index >= 15 is 0 Å². The van der Waals surface area contributed by atoms with Gasteiger partial charge in [-0.05, 0) is 12.5 Å². The van der Waals surface area contributed by atoms with E-state index < -0.39 is 0 Å². The summed E-state index contributed by atoms with van der Waals surface area (Å²) in [5, 5.41) is 11.3. The second-order valence-corrected chi connectivity index (χ2v) is 5.33. The number of nitrogens with zero attached hydrogens (tertiary/aromatic N) is 5. The summed E-state index contributed by atoms with van der Waals surface area (Å²) in [5.74, 6) is 2.13. The molecule has 2 heterocycles. The third-order valence-electron chi connectivity index (χ3n) is 3.36. The molecular formula is C13H24N6. The molecule has 1 fully saturated rings. The van der Waals surface area contributed by atoms with Gasteiger partial charge in [-0.2, -0.15) is 10.1 Å². The molecule has 0 aliphatic carbocycles. The first-order chi connectivity index (χ1) is 9.19. The van der Waals surface area contributed by atoms with Crippen molar-refractivity contribution in [3.05, 3.63) is 6.20 Å². The zero-order valence-electron chi connectivity index (χ0n) is 12.1. The fraction of sp³-hybridized carbons (Fsp3) is 0.769. The standard InChI is InChI=1S/C13H24N6/c1-4-18-5-7-19(8-6-18)12-10-15-17-13(16-12)14-9-11(2)3/h10-11H,4-9H2,1-3H3,(H,14,16,17). The zero-order chi connectivity index (χ0) is 13.7. The lowest BCUT2D eigenvalue weighted by atomic mass is 10.2. The summed E-state index contributed by atoms with van der Waals surface area (Å²) in [6.07, 6.45) is 1.75. The fourth-order valence-corrected chi connectivity index (χ4v) is 2.11. The molecule has 6 nitrogen and oxygen atoms in total. The van der Waals surface area contributed by atoms with E-state index in [1.165, 1.54) is 0 Å². The summed E-state index contributed by atoms with van der Waals surface area (Å²) in [5.41, 5.74) is 0. The number of hydrogen-bond donors (Lipinski definition) is 1. The van der Waals surface area contributed by atoms with Crippen molar-refractivity contribution in [3.8, 4) is 0 Å². The van der Waals surface area contributed by atoms with Gasteiger partial charge < -0.3 is 15.1 Å². The number of anilines is 2. The summed E-state index contributed by atoms with van der Waals surface area (Å²) < 4.78 is 0. The number of likely N-dealkylation sites (N-methyl/N-ethyl adjacent to an activating group) is 1. The van der Waals surface area contributed by atoms with Crippen LogP contribution in [0.1, 0.15) is 20.8 Å². The molecule has 6 heteroatoms. The van der Waals surface area contributed by atoms with E-state index in [0.717, 1.165) is 45.1 Å². The maximum absolute atomic E-state index is 4.54. The lowest BCUT2D eigenvalue weighted by Gasteiger charge is -2.34. The summed E-state index contributed by atoms with van der Waals surface area (Å²) in [4.78, 5) is 9.27. The summed E-state index contributed by atoms with van der Waals surface area (Å²) in [6, 6.07) is 0. The van der Waals surface area contributed by atoms with Gasteiger partial charge in [-0.25, -0.2) is 0 Å². The summed E-state index contributed by atoms with van der Waals surface area (Å²) >= 11 is 0. The maximum atomic E-state index is 4.54. The topological polar surface area (TPSA) is 57.2 Å². The second-order valence-electron chi connectivity index (χ2n) is 5.33. The van der Waals surface area contributed by atoms with Crippen molar-refractivity contribution in [1.82, 2.24) is 20.1 Å². The summed E-state index contributed by atoms with van der Waals surface area (Å²) in [6.45, 7) is 12.7. The van der Waals surface area contributed by atoms with Crippen molar-refractivity contribution in [2.24, 2.45) is 5.92 Å². The smallest absolute Gasteiger partial charge is 0.244 e. The Hall–Kier alpha value is -1.43. The van der Waals surface area contributed by atoms with Crippen molar-refractivity contribution in [3.63, 3.8) is 0 Å². The van der Waals surface area contributed by atoms with Gasteiger partial charge in [0.05, 0.1) is 6.20 Å². The minimum atomic E-state index is 0.570. The molecule has 0 saturated carbocycles. The largest absolute Gasteiger partial charge is 0.353 e. The van der Waals surface area contributed by atoms with Gasteiger partial charge in [0.2, 0.25) is 5.95 Å². The van der Waals surface area contributed by atoms with Crippen LogP contribution in [0, 0.1) is 5.92 Å². The van der Waals surface area contributed by atoms with E-state index in [0.29, 0.717) is 11.9 Å². The van der Waals surface area contributed by atoms with Crippen LogP contribution in [0.25, 0.3) is 0 Å². The average molecular weight is 264 g/mol. The molecule has 1 aliphatic heterocycles. The molecule has 1 aliphatic rings. The molecule has 2 rings (SSSR count). The SMILES string of the molecule is CCN1CCN(c2cnnc(NCC(C)C)n2)CC1. The van der Waals surface area contributed by atoms with Gasteiger partial charge in [0.15, 0.2) is 5.82 Å². The Morgan fingerprint density at radius 2 is 2.00 bits per heavy atom. The van der Waals surface area contributed by atoms with Gasteiger partial charge in [0.25, 0.3) is 0 Å². The Labute approximate surface area is 115 Å². The van der Waals surface area contributed by atoms with Crippen LogP contribution in [0.2, 0.25) is 0 Å². The van der Waals surface area contributed by atoms with Gasteiger partial charge in [0.1, 0.15) is 0 Å². The minimum absolute atomic E-state index is 0.570. The monoisotopic (exact) mass is 264 g/mol. The van der Waals surface area contributed by atoms with E-state index in [4.69, 9.17) is 0 Å². The molecule has 0 amide bonds. The Morgan fingerprint density at radius 3 is 2.63 bits per heavy atom. The van der Waals surface area contributed by atoms with Gasteiger partial charge in [-0.15, -0.1) is 5.10 Å². The molecule has 0 atom stereocenters. The molecule has 1 aromatic rings. The Morgan fingerprint density at radius 1 is 1.26 bits per heavy atom. The van der Waals surface area contributed by atoms with E-state index in [1.54, 1.807) is 6.20 Å². The molecular weight excluding hydrogens is 240 g/mol. The lowest BCUT2D eigenvalue weighted by molar-refractivity contribution is 0.270. The molecule has 0 spiro atoms. The summed E-state index contributed by atoms with van der Waals surface area (Å²) in [7, 11) is 0. The first-order valence-corrected chi connectivity index (χ1v) is 7.10. The first kappa shape index (κ1) is 14.0. The highest BCUT2D eigenvalue weighted by molar-refractivity contribution is 5.40. The molecule has 0 bridgehead atoms. The molecule has 0 radical (unpaired) electrons. The third-order valence-corrected chi connectivity index (χ3v) is 3.36. The molecule has 0 aromatic carbocycles. The zero-order valence-corrected chi connectivity index (χ0v) is 12.1. The number of nitrogens with one attached hydrogen (secondary N) is 1. The van der Waals surface area contributed by atoms with Crippen LogP contribution in [-0.2, 0) is 0 Å². The normalized spacial score (nSPS) is 16.9. The number of piperazine rings is 1. The molecule has 1 aromatic heterocycles. The van der Waals surface area contributed by atoms with Crippen LogP contribution in [0.3, 0.4) is 0 Å². The lowest BCUT2D eigenvalue weighted by Crippen LogP contribution is -2.46. The predicted molar refractivity (Wildman–Crippen MR) is 77.5 cm³/mol. The van der Waals surface area contributed by atoms with Crippen molar-refractivity contribution >= 4 is 11.8 Å². The van der Waals surface area contributed by atoms with Gasteiger partial charge in [-0.3, -0.25) is 0 Å². The van der Waals surface area contributed by atoms with E-state index in [2.05, 4.69) is 51.1 Å². The van der Waals surface area contributed by atoms with Crippen LogP contribution in [0.15, 0.2) is 6.20 Å². The quantitative estimate of drug-likeness (QED) is 0.859. The highest BCUT2D eigenvalue weighted by Crippen LogP contribution is 2.13. The Kier molecular flexibility index (Phi) is 4.90. The third kappa shape index (κ3) is 4.02. The van der Waals surface area contributed by atoms with Crippen LogP contribution in [-0.4, -0.2) is 59.3 Å². The Bertz CT molecular complexity index is 386. The Balaban J connectivity index is 1.95. The van der Waals surface area contributed by atoms with Crippen LogP contribution >= 0.6 is 0 Å². The highest BCUT2D eigenvalue weighted by Gasteiger charge is 2.17. The fourth-order valence-electron chi connectivity index (χ4n) is 2.11. The van der Waals surface area contributed by atoms with Crippen molar-refractivity contribution in [2.75, 3.05) is 49.5 Å². The highest BCUT2D eigenvalue weighted by atomic mass is 15.3. The number of rotatable bonds is 5. The van der Waals surface area contributed by atoms with E-state index in [1.807, 2.05) is 0 Å². The maximum Gasteiger partial charge on any atom is 0.244 e. The van der Waals surface area contributed by atoms with Gasteiger partial charge >= 0.3 is 0 Å². The predicted octanol–water partition coefficient (Wildman–Crippen LogP) is 1.08. The number of hydrogen-bond acceptors (Lipinski definition) is 6. The van der Waals surface area contributed by atoms with Crippen LogP contribution in [0.4, 0.5) is 11.8 Å². The van der Waals surface area contributed by atoms with Crippen molar-refractivity contribution in [1.29, 1.82) is 0 Å². The average Bonchev–Trinajstić information content (AvgIpc) is 2.45. The van der Waals surface area contributed by atoms with Gasteiger partial charge in [0, 0.05) is 32.7 Å². The first-order valence-electron chi connectivity index (χ1n) is 7.10.